The highest BCUT2D eigenvalue weighted by Crippen LogP contribution is 2.36. The van der Waals surface area contributed by atoms with Gasteiger partial charge in [-0.1, -0.05) is 42.5 Å². The molecule has 0 unspecified atom stereocenters. The summed E-state index contributed by atoms with van der Waals surface area (Å²) in [6.07, 6.45) is 1.89. The molecule has 29 heavy (non-hydrogen) atoms. The molecule has 5 rings (SSSR count). The van der Waals surface area contributed by atoms with E-state index in [0.29, 0.717) is 0 Å². The third-order valence-electron chi connectivity index (χ3n) is 5.27. The number of aromatic nitrogens is 2. The van der Waals surface area contributed by atoms with Crippen LogP contribution in [0.4, 0.5) is 0 Å². The largest absolute Gasteiger partial charge is 0.493 e. The number of rotatable bonds is 4. The Bertz CT molecular complexity index is 1340. The molecule has 5 aromatic rings. The molecule has 0 atom stereocenters. The normalized spacial score (nSPS) is 11.1. The zero-order valence-electron chi connectivity index (χ0n) is 16.3. The van der Waals surface area contributed by atoms with Crippen LogP contribution < -0.4 is 9.47 Å². The molecule has 0 saturated carbocycles. The van der Waals surface area contributed by atoms with E-state index >= 15 is 0 Å². The highest BCUT2D eigenvalue weighted by atomic mass is 16.5. The molecule has 4 nitrogen and oxygen atoms in total. The van der Waals surface area contributed by atoms with Crippen LogP contribution in [0.1, 0.15) is 0 Å². The number of nitrogens with zero attached hydrogens (tertiary/aromatic N) is 2. The lowest BCUT2D eigenvalue weighted by molar-refractivity contribution is 0.356. The van der Waals surface area contributed by atoms with Crippen molar-refractivity contribution in [3.8, 4) is 28.3 Å². The third-order valence-corrected chi connectivity index (χ3v) is 5.27. The van der Waals surface area contributed by atoms with Gasteiger partial charge in [0.2, 0.25) is 0 Å². The Morgan fingerprint density at radius 3 is 2.28 bits per heavy atom. The molecule has 1 aromatic heterocycles. The van der Waals surface area contributed by atoms with Crippen molar-refractivity contribution in [2.45, 2.75) is 0 Å². The Morgan fingerprint density at radius 1 is 0.724 bits per heavy atom. The van der Waals surface area contributed by atoms with Gasteiger partial charge in [-0.2, -0.15) is 0 Å². The summed E-state index contributed by atoms with van der Waals surface area (Å²) in [6, 6.07) is 27.1. The van der Waals surface area contributed by atoms with Gasteiger partial charge in [0.15, 0.2) is 11.5 Å². The first-order chi connectivity index (χ1) is 14.3. The third kappa shape index (κ3) is 2.90. The molecule has 0 amide bonds. The number of hydrogen-bond donors (Lipinski definition) is 0. The topological polar surface area (TPSA) is 36.3 Å². The molecule has 0 aliphatic carbocycles. The van der Waals surface area contributed by atoms with Crippen LogP contribution in [0.25, 0.3) is 38.6 Å². The maximum absolute atomic E-state index is 5.48. The van der Waals surface area contributed by atoms with Gasteiger partial charge in [-0.05, 0) is 52.7 Å². The zero-order chi connectivity index (χ0) is 19.8. The molecular formula is C25H20N2O2. The van der Waals surface area contributed by atoms with E-state index in [0.717, 1.165) is 50.1 Å². The SMILES string of the molecule is COc1cc2ccc(-c3ccccc3-n3cnc4ccccc43)cc2cc1OC. The van der Waals surface area contributed by atoms with Crippen LogP contribution >= 0.6 is 0 Å². The first-order valence-corrected chi connectivity index (χ1v) is 9.46. The van der Waals surface area contributed by atoms with Gasteiger partial charge >= 0.3 is 0 Å². The van der Waals surface area contributed by atoms with E-state index < -0.39 is 0 Å². The molecule has 0 N–H and O–H groups in total. The summed E-state index contributed by atoms with van der Waals surface area (Å²) in [5, 5.41) is 2.21. The Morgan fingerprint density at radius 2 is 1.45 bits per heavy atom. The van der Waals surface area contributed by atoms with Crippen molar-refractivity contribution in [2.75, 3.05) is 14.2 Å². The second-order valence-corrected chi connectivity index (χ2v) is 6.89. The highest BCUT2D eigenvalue weighted by Gasteiger charge is 2.12. The van der Waals surface area contributed by atoms with Crippen LogP contribution in [0.3, 0.4) is 0 Å². The van der Waals surface area contributed by atoms with Gasteiger partial charge in [-0.3, -0.25) is 4.57 Å². The molecular weight excluding hydrogens is 360 g/mol. The summed E-state index contributed by atoms with van der Waals surface area (Å²) >= 11 is 0. The molecule has 1 heterocycles. The van der Waals surface area contributed by atoms with Gasteiger partial charge in [0.05, 0.1) is 30.9 Å². The van der Waals surface area contributed by atoms with E-state index in [9.17, 15) is 0 Å². The monoisotopic (exact) mass is 380 g/mol. The Hall–Kier alpha value is -3.79. The molecule has 4 aromatic carbocycles. The van der Waals surface area contributed by atoms with Crippen molar-refractivity contribution in [1.82, 2.24) is 9.55 Å². The summed E-state index contributed by atoms with van der Waals surface area (Å²) in [4.78, 5) is 4.55. The summed E-state index contributed by atoms with van der Waals surface area (Å²) in [5.74, 6) is 1.46. The average Bonchev–Trinajstić information content (AvgIpc) is 3.21. The molecule has 4 heteroatoms. The van der Waals surface area contributed by atoms with Crippen molar-refractivity contribution in [2.24, 2.45) is 0 Å². The van der Waals surface area contributed by atoms with Gasteiger partial charge in [0, 0.05) is 5.56 Å². The van der Waals surface area contributed by atoms with Crippen LogP contribution in [0, 0.1) is 0 Å². The molecule has 0 bridgehead atoms. The minimum atomic E-state index is 0.728. The summed E-state index contributed by atoms with van der Waals surface area (Å²) < 4.78 is 13.1. The Labute approximate surface area is 169 Å². The quantitative estimate of drug-likeness (QED) is 0.392. The maximum atomic E-state index is 5.48. The lowest BCUT2D eigenvalue weighted by Crippen LogP contribution is -1.95. The summed E-state index contributed by atoms with van der Waals surface area (Å²) in [6.45, 7) is 0. The lowest BCUT2D eigenvalue weighted by atomic mass is 9.99. The Kier molecular flexibility index (Phi) is 4.17. The van der Waals surface area contributed by atoms with E-state index in [-0.39, 0.29) is 0 Å². The number of imidazole rings is 1. The number of para-hydroxylation sites is 3. The van der Waals surface area contributed by atoms with Crippen LogP contribution in [-0.4, -0.2) is 23.8 Å². The van der Waals surface area contributed by atoms with E-state index in [1.165, 1.54) is 0 Å². The van der Waals surface area contributed by atoms with Crippen LogP contribution in [0.2, 0.25) is 0 Å². The van der Waals surface area contributed by atoms with Gasteiger partial charge < -0.3 is 9.47 Å². The molecule has 0 radical (unpaired) electrons. The minimum Gasteiger partial charge on any atom is -0.493 e. The smallest absolute Gasteiger partial charge is 0.161 e. The fraction of sp³-hybridized carbons (Fsp3) is 0.0800. The van der Waals surface area contributed by atoms with Crippen molar-refractivity contribution >= 4 is 21.8 Å². The number of benzene rings is 4. The van der Waals surface area contributed by atoms with Gasteiger partial charge in [0.1, 0.15) is 6.33 Å². The standard InChI is InChI=1S/C25H20N2O2/c1-28-24-14-17-11-12-18(13-19(17)15-25(24)29-2)20-7-3-5-9-22(20)27-16-26-21-8-4-6-10-23(21)27/h3-16H,1-2H3. The van der Waals surface area contributed by atoms with Crippen molar-refractivity contribution < 1.29 is 9.47 Å². The van der Waals surface area contributed by atoms with Crippen LogP contribution in [0.15, 0.2) is 85.2 Å². The van der Waals surface area contributed by atoms with Crippen molar-refractivity contribution in [3.63, 3.8) is 0 Å². The van der Waals surface area contributed by atoms with Crippen LogP contribution in [-0.2, 0) is 0 Å². The predicted molar refractivity (Wildman–Crippen MR) is 117 cm³/mol. The number of hydrogen-bond acceptors (Lipinski definition) is 3. The van der Waals surface area contributed by atoms with E-state index in [1.54, 1.807) is 14.2 Å². The van der Waals surface area contributed by atoms with E-state index in [2.05, 4.69) is 58.1 Å². The average molecular weight is 380 g/mol. The fourth-order valence-corrected chi connectivity index (χ4v) is 3.82. The van der Waals surface area contributed by atoms with E-state index in [1.807, 2.05) is 36.7 Å². The second-order valence-electron chi connectivity index (χ2n) is 6.89. The molecule has 0 aliphatic heterocycles. The fourth-order valence-electron chi connectivity index (χ4n) is 3.82. The second kappa shape index (κ2) is 6.99. The van der Waals surface area contributed by atoms with Crippen LogP contribution in [0.5, 0.6) is 11.5 Å². The first kappa shape index (κ1) is 17.3. The lowest BCUT2D eigenvalue weighted by Gasteiger charge is -2.13. The number of ether oxygens (including phenoxy) is 2. The molecule has 0 spiro atoms. The highest BCUT2D eigenvalue weighted by molar-refractivity contribution is 5.91. The first-order valence-electron chi connectivity index (χ1n) is 9.46. The summed E-state index contributed by atoms with van der Waals surface area (Å²) in [5.41, 5.74) is 5.45. The molecule has 142 valence electrons. The van der Waals surface area contributed by atoms with Gasteiger partial charge in [0.25, 0.3) is 0 Å². The summed E-state index contributed by atoms with van der Waals surface area (Å²) in [7, 11) is 3.32. The maximum Gasteiger partial charge on any atom is 0.161 e. The van der Waals surface area contributed by atoms with Crippen molar-refractivity contribution in [3.05, 3.63) is 85.2 Å². The van der Waals surface area contributed by atoms with E-state index in [4.69, 9.17) is 9.47 Å². The number of methoxy groups -OCH3 is 2. The molecule has 0 fully saturated rings. The number of fused-ring (bicyclic) bond motifs is 2. The van der Waals surface area contributed by atoms with Gasteiger partial charge in [-0.15, -0.1) is 0 Å². The molecule has 0 saturated heterocycles. The van der Waals surface area contributed by atoms with Crippen molar-refractivity contribution in [1.29, 1.82) is 0 Å². The Balaban J connectivity index is 1.70. The van der Waals surface area contributed by atoms with Gasteiger partial charge in [-0.25, -0.2) is 4.98 Å². The predicted octanol–water partition coefficient (Wildman–Crippen LogP) is 5.86. The zero-order valence-corrected chi connectivity index (χ0v) is 16.3. The molecule has 0 aliphatic rings. The minimum absolute atomic E-state index is 0.728.